The summed E-state index contributed by atoms with van der Waals surface area (Å²) in [7, 11) is 0. The van der Waals surface area contributed by atoms with Gasteiger partial charge in [-0.1, -0.05) is 37.1 Å². The van der Waals surface area contributed by atoms with Crippen molar-refractivity contribution in [1.29, 1.82) is 0 Å². The Morgan fingerprint density at radius 2 is 2.06 bits per heavy atom. The average Bonchev–Trinajstić information content (AvgIpc) is 2.45. The molecule has 18 heavy (non-hydrogen) atoms. The van der Waals surface area contributed by atoms with E-state index in [1.807, 2.05) is 12.1 Å². The molecular formula is C16H19NO. The monoisotopic (exact) mass is 241 g/mol. The van der Waals surface area contributed by atoms with Gasteiger partial charge in [0, 0.05) is 11.0 Å². The van der Waals surface area contributed by atoms with E-state index in [0.29, 0.717) is 17.1 Å². The summed E-state index contributed by atoms with van der Waals surface area (Å²) >= 11 is 0. The smallest absolute Gasteiger partial charge is 0.180 e. The lowest BCUT2D eigenvalue weighted by Gasteiger charge is -2.55. The van der Waals surface area contributed by atoms with E-state index in [-0.39, 0.29) is 6.04 Å². The first kappa shape index (κ1) is 10.7. The number of rotatable bonds is 0. The second-order valence-corrected chi connectivity index (χ2v) is 6.10. The number of Topliss-reactive ketones (excluding diaryl/α,β-unsaturated/α-hetero) is 1. The second-order valence-electron chi connectivity index (χ2n) is 6.10. The van der Waals surface area contributed by atoms with Crippen LogP contribution >= 0.6 is 0 Å². The van der Waals surface area contributed by atoms with Crippen LogP contribution < -0.4 is 5.32 Å². The quantitative estimate of drug-likeness (QED) is 0.756. The molecule has 0 spiro atoms. The number of fused-ring (bicyclic) bond motifs is 1. The third-order valence-corrected chi connectivity index (χ3v) is 5.45. The Bertz CT molecular complexity index is 506. The fraction of sp³-hybridized carbons (Fsp3) is 0.562. The van der Waals surface area contributed by atoms with Crippen LogP contribution in [0.5, 0.6) is 0 Å². The molecule has 1 heterocycles. The Balaban J connectivity index is 1.97. The average molecular weight is 241 g/mol. The van der Waals surface area contributed by atoms with Crippen LogP contribution in [0.15, 0.2) is 24.3 Å². The van der Waals surface area contributed by atoms with Crippen LogP contribution in [0.2, 0.25) is 0 Å². The van der Waals surface area contributed by atoms with E-state index in [0.717, 1.165) is 12.1 Å². The molecule has 1 saturated carbocycles. The number of nitrogens with one attached hydrogen (secondary N) is 1. The van der Waals surface area contributed by atoms with Crippen molar-refractivity contribution in [3.8, 4) is 0 Å². The summed E-state index contributed by atoms with van der Waals surface area (Å²) in [6.45, 7) is 1.00. The number of benzene rings is 1. The molecule has 2 bridgehead atoms. The van der Waals surface area contributed by atoms with E-state index >= 15 is 0 Å². The van der Waals surface area contributed by atoms with Crippen molar-refractivity contribution in [2.24, 2.45) is 5.92 Å². The molecule has 1 aromatic carbocycles. The minimum Gasteiger partial charge on any atom is -0.307 e. The largest absolute Gasteiger partial charge is 0.307 e. The molecule has 2 fully saturated rings. The summed E-state index contributed by atoms with van der Waals surface area (Å²) < 4.78 is 0. The lowest BCUT2D eigenvalue weighted by atomic mass is 9.52. The van der Waals surface area contributed by atoms with Crippen molar-refractivity contribution < 1.29 is 4.79 Å². The molecular weight excluding hydrogens is 222 g/mol. The summed E-state index contributed by atoms with van der Waals surface area (Å²) in [5, 5.41) is 3.49. The highest BCUT2D eigenvalue weighted by atomic mass is 16.1. The fourth-order valence-electron chi connectivity index (χ4n) is 4.70. The lowest BCUT2D eigenvalue weighted by molar-refractivity contribution is 0.0567. The molecule has 4 rings (SSSR count). The van der Waals surface area contributed by atoms with E-state index in [9.17, 15) is 4.79 Å². The van der Waals surface area contributed by atoms with Crippen LogP contribution in [0.3, 0.4) is 0 Å². The molecule has 0 radical (unpaired) electrons. The predicted molar refractivity (Wildman–Crippen MR) is 70.8 cm³/mol. The molecule has 0 aromatic heterocycles. The summed E-state index contributed by atoms with van der Waals surface area (Å²) in [6.07, 6.45) is 6.32. The molecule has 3 atom stereocenters. The highest BCUT2D eigenvalue weighted by Gasteiger charge is 2.54. The van der Waals surface area contributed by atoms with Gasteiger partial charge >= 0.3 is 0 Å². The van der Waals surface area contributed by atoms with Gasteiger partial charge in [0.25, 0.3) is 0 Å². The van der Waals surface area contributed by atoms with Gasteiger partial charge in [0.2, 0.25) is 0 Å². The van der Waals surface area contributed by atoms with Crippen molar-refractivity contribution >= 4 is 5.78 Å². The SMILES string of the molecule is O=C1c2ccccc2[C@@]23CCCC[C@H]2[C@@H]1NCC3. The number of piperidine rings is 1. The van der Waals surface area contributed by atoms with Gasteiger partial charge in [-0.05, 0) is 37.3 Å². The van der Waals surface area contributed by atoms with Crippen molar-refractivity contribution in [2.45, 2.75) is 43.6 Å². The first-order valence-corrected chi connectivity index (χ1v) is 7.20. The van der Waals surface area contributed by atoms with Crippen LogP contribution in [-0.4, -0.2) is 18.4 Å². The summed E-state index contributed by atoms with van der Waals surface area (Å²) in [4.78, 5) is 12.6. The van der Waals surface area contributed by atoms with Gasteiger partial charge in [-0.2, -0.15) is 0 Å². The maximum Gasteiger partial charge on any atom is 0.180 e. The van der Waals surface area contributed by atoms with Gasteiger partial charge in [-0.15, -0.1) is 0 Å². The Morgan fingerprint density at radius 1 is 1.17 bits per heavy atom. The van der Waals surface area contributed by atoms with Crippen LogP contribution in [-0.2, 0) is 5.41 Å². The maximum absolute atomic E-state index is 12.6. The molecule has 2 heteroatoms. The fourth-order valence-corrected chi connectivity index (χ4v) is 4.70. The molecule has 0 unspecified atom stereocenters. The number of carbonyl (C=O) groups is 1. The summed E-state index contributed by atoms with van der Waals surface area (Å²) in [5.41, 5.74) is 2.66. The lowest BCUT2D eigenvalue weighted by Crippen LogP contribution is -2.62. The molecule has 0 amide bonds. The van der Waals surface area contributed by atoms with E-state index in [1.165, 1.54) is 37.7 Å². The van der Waals surface area contributed by atoms with E-state index in [2.05, 4.69) is 17.4 Å². The molecule has 1 aromatic rings. The Morgan fingerprint density at radius 3 is 3.00 bits per heavy atom. The van der Waals surface area contributed by atoms with Gasteiger partial charge in [0.05, 0.1) is 6.04 Å². The van der Waals surface area contributed by atoms with Crippen LogP contribution in [0, 0.1) is 5.92 Å². The van der Waals surface area contributed by atoms with Crippen molar-refractivity contribution in [2.75, 3.05) is 6.54 Å². The molecule has 1 aliphatic heterocycles. The third kappa shape index (κ3) is 1.19. The minimum absolute atomic E-state index is 0.0916. The summed E-state index contributed by atoms with van der Waals surface area (Å²) in [6, 6.07) is 8.45. The third-order valence-electron chi connectivity index (χ3n) is 5.45. The molecule has 1 N–H and O–H groups in total. The van der Waals surface area contributed by atoms with Crippen LogP contribution in [0.4, 0.5) is 0 Å². The van der Waals surface area contributed by atoms with E-state index < -0.39 is 0 Å². The molecule has 2 nitrogen and oxygen atoms in total. The van der Waals surface area contributed by atoms with E-state index in [4.69, 9.17) is 0 Å². The standard InChI is InChI=1S/C16H19NO/c18-15-11-5-1-2-6-12(11)16-8-4-3-7-13(16)14(15)17-10-9-16/h1-2,5-6,13-14,17H,3-4,7-10H2/t13-,14-,16-/m0/s1. The van der Waals surface area contributed by atoms with Gasteiger partial charge in [0.15, 0.2) is 5.78 Å². The Hall–Kier alpha value is -1.15. The van der Waals surface area contributed by atoms with Crippen molar-refractivity contribution in [3.05, 3.63) is 35.4 Å². The van der Waals surface area contributed by atoms with Gasteiger partial charge < -0.3 is 5.32 Å². The topological polar surface area (TPSA) is 29.1 Å². The zero-order valence-corrected chi connectivity index (χ0v) is 10.6. The van der Waals surface area contributed by atoms with Crippen LogP contribution in [0.25, 0.3) is 0 Å². The number of hydrogen-bond donors (Lipinski definition) is 1. The highest BCUT2D eigenvalue weighted by Crippen LogP contribution is 2.53. The van der Waals surface area contributed by atoms with Gasteiger partial charge in [0.1, 0.15) is 0 Å². The molecule has 94 valence electrons. The number of hydrogen-bond acceptors (Lipinski definition) is 2. The first-order valence-electron chi connectivity index (χ1n) is 7.20. The van der Waals surface area contributed by atoms with Gasteiger partial charge in [-0.3, -0.25) is 4.79 Å². The van der Waals surface area contributed by atoms with Crippen molar-refractivity contribution in [1.82, 2.24) is 5.32 Å². The minimum atomic E-state index is 0.0916. The molecule has 3 aliphatic rings. The Labute approximate surface area is 108 Å². The Kier molecular flexibility index (Phi) is 2.19. The number of ketones is 1. The molecule has 1 saturated heterocycles. The summed E-state index contributed by atoms with van der Waals surface area (Å²) in [5.74, 6) is 0.884. The van der Waals surface area contributed by atoms with Crippen LogP contribution in [0.1, 0.15) is 48.0 Å². The zero-order valence-electron chi connectivity index (χ0n) is 10.6. The normalized spacial score (nSPS) is 37.9. The van der Waals surface area contributed by atoms with Crippen molar-refractivity contribution in [3.63, 3.8) is 0 Å². The molecule has 2 aliphatic carbocycles. The van der Waals surface area contributed by atoms with E-state index in [1.54, 1.807) is 0 Å². The predicted octanol–water partition coefficient (Wildman–Crippen LogP) is 2.67. The maximum atomic E-state index is 12.6. The highest BCUT2D eigenvalue weighted by molar-refractivity contribution is 6.03. The zero-order chi connectivity index (χ0) is 12.2. The number of carbonyl (C=O) groups excluding carboxylic acids is 1. The first-order chi connectivity index (χ1) is 8.83. The second kappa shape index (κ2) is 3.67. The van der Waals surface area contributed by atoms with Gasteiger partial charge in [-0.25, -0.2) is 0 Å².